The molecule has 0 saturated carbocycles. The average Bonchev–Trinajstić information content (AvgIpc) is 2.52. The standard InChI is InChI=1S/C18H21NO2/c1-19-18-7-3-5-14-8-9-16(11-17(14)18)21-12-13-4-2-6-15(20)10-13/h2,4,6,8-11,18-20H,3,5,7,12H2,1H3. The molecule has 0 saturated heterocycles. The van der Waals surface area contributed by atoms with Gasteiger partial charge in [0.25, 0.3) is 0 Å². The van der Waals surface area contributed by atoms with Gasteiger partial charge >= 0.3 is 0 Å². The molecule has 0 spiro atoms. The Morgan fingerprint density at radius 1 is 1.24 bits per heavy atom. The van der Waals surface area contributed by atoms with Crippen LogP contribution in [0.25, 0.3) is 0 Å². The third-order valence-corrected chi connectivity index (χ3v) is 4.10. The van der Waals surface area contributed by atoms with Gasteiger partial charge in [0.1, 0.15) is 18.1 Å². The van der Waals surface area contributed by atoms with E-state index in [9.17, 15) is 5.11 Å². The summed E-state index contributed by atoms with van der Waals surface area (Å²) < 4.78 is 5.87. The Hall–Kier alpha value is -2.00. The van der Waals surface area contributed by atoms with Gasteiger partial charge in [-0.15, -0.1) is 0 Å². The molecule has 0 heterocycles. The van der Waals surface area contributed by atoms with Crippen LogP contribution in [0.3, 0.4) is 0 Å². The molecule has 1 unspecified atom stereocenters. The lowest BCUT2D eigenvalue weighted by Gasteiger charge is -2.25. The predicted molar refractivity (Wildman–Crippen MR) is 83.6 cm³/mol. The zero-order valence-electron chi connectivity index (χ0n) is 12.3. The number of aryl methyl sites for hydroxylation is 1. The van der Waals surface area contributed by atoms with Gasteiger partial charge in [0, 0.05) is 6.04 Å². The Morgan fingerprint density at radius 2 is 2.14 bits per heavy atom. The summed E-state index contributed by atoms with van der Waals surface area (Å²) >= 11 is 0. The topological polar surface area (TPSA) is 41.5 Å². The zero-order chi connectivity index (χ0) is 14.7. The highest BCUT2D eigenvalue weighted by Crippen LogP contribution is 2.32. The van der Waals surface area contributed by atoms with Crippen LogP contribution in [0.2, 0.25) is 0 Å². The normalized spacial score (nSPS) is 17.3. The van der Waals surface area contributed by atoms with Gasteiger partial charge in [0.15, 0.2) is 0 Å². The van der Waals surface area contributed by atoms with Crippen LogP contribution >= 0.6 is 0 Å². The summed E-state index contributed by atoms with van der Waals surface area (Å²) in [5.74, 6) is 1.16. The van der Waals surface area contributed by atoms with Crippen molar-refractivity contribution in [1.29, 1.82) is 0 Å². The van der Waals surface area contributed by atoms with Crippen LogP contribution in [0.1, 0.15) is 35.6 Å². The molecule has 0 aromatic heterocycles. The first kappa shape index (κ1) is 14.0. The number of fused-ring (bicyclic) bond motifs is 1. The summed E-state index contributed by atoms with van der Waals surface area (Å²) in [6.07, 6.45) is 3.57. The maximum absolute atomic E-state index is 9.47. The number of aromatic hydroxyl groups is 1. The molecule has 110 valence electrons. The molecule has 0 amide bonds. The molecule has 0 bridgehead atoms. The van der Waals surface area contributed by atoms with Gasteiger partial charge in [0.2, 0.25) is 0 Å². The summed E-state index contributed by atoms with van der Waals surface area (Å²) in [6, 6.07) is 14.0. The van der Waals surface area contributed by atoms with Crippen molar-refractivity contribution in [3.05, 3.63) is 59.2 Å². The van der Waals surface area contributed by atoms with E-state index >= 15 is 0 Å². The fraction of sp³-hybridized carbons (Fsp3) is 0.333. The fourth-order valence-electron chi connectivity index (χ4n) is 2.98. The van der Waals surface area contributed by atoms with Gasteiger partial charge in [0.05, 0.1) is 0 Å². The van der Waals surface area contributed by atoms with Gasteiger partial charge in [-0.25, -0.2) is 0 Å². The van der Waals surface area contributed by atoms with E-state index < -0.39 is 0 Å². The minimum atomic E-state index is 0.275. The molecule has 0 aliphatic heterocycles. The predicted octanol–water partition coefficient (Wildman–Crippen LogP) is 3.57. The summed E-state index contributed by atoms with van der Waals surface area (Å²) in [5, 5.41) is 12.9. The first-order valence-electron chi connectivity index (χ1n) is 7.47. The van der Waals surface area contributed by atoms with Crippen molar-refractivity contribution in [3.8, 4) is 11.5 Å². The van der Waals surface area contributed by atoms with Gasteiger partial charge < -0.3 is 15.2 Å². The van der Waals surface area contributed by atoms with Crippen LogP contribution in [0, 0.1) is 0 Å². The van der Waals surface area contributed by atoms with Crippen LogP contribution in [0.15, 0.2) is 42.5 Å². The number of benzene rings is 2. The molecule has 2 aromatic rings. The van der Waals surface area contributed by atoms with Crippen molar-refractivity contribution in [2.45, 2.75) is 31.9 Å². The first-order chi connectivity index (χ1) is 10.3. The van der Waals surface area contributed by atoms with E-state index in [0.29, 0.717) is 12.6 Å². The van der Waals surface area contributed by atoms with E-state index in [-0.39, 0.29) is 5.75 Å². The van der Waals surface area contributed by atoms with E-state index in [1.165, 1.54) is 24.0 Å². The molecule has 3 rings (SSSR count). The molecule has 2 N–H and O–H groups in total. The van der Waals surface area contributed by atoms with Crippen molar-refractivity contribution in [2.75, 3.05) is 7.05 Å². The zero-order valence-corrected chi connectivity index (χ0v) is 12.3. The highest BCUT2D eigenvalue weighted by Gasteiger charge is 2.19. The van der Waals surface area contributed by atoms with Crippen molar-refractivity contribution >= 4 is 0 Å². The van der Waals surface area contributed by atoms with Gasteiger partial charge in [-0.05, 0) is 67.3 Å². The lowest BCUT2D eigenvalue weighted by atomic mass is 9.87. The Labute approximate surface area is 125 Å². The molecule has 0 radical (unpaired) electrons. The molecule has 0 fully saturated rings. The van der Waals surface area contributed by atoms with Gasteiger partial charge in [-0.3, -0.25) is 0 Å². The number of phenolic OH excluding ortho intramolecular Hbond substituents is 1. The van der Waals surface area contributed by atoms with Crippen LogP contribution in [0.4, 0.5) is 0 Å². The molecule has 1 atom stereocenters. The Bertz CT molecular complexity index is 624. The van der Waals surface area contributed by atoms with Crippen LogP contribution in [0.5, 0.6) is 11.5 Å². The van der Waals surface area contributed by atoms with E-state index in [4.69, 9.17) is 4.74 Å². The van der Waals surface area contributed by atoms with E-state index in [2.05, 4.69) is 17.4 Å². The van der Waals surface area contributed by atoms with Crippen LogP contribution in [-0.2, 0) is 13.0 Å². The second-order valence-corrected chi connectivity index (χ2v) is 5.55. The fourth-order valence-corrected chi connectivity index (χ4v) is 2.98. The third kappa shape index (κ3) is 3.19. The largest absolute Gasteiger partial charge is 0.508 e. The van der Waals surface area contributed by atoms with Crippen molar-refractivity contribution in [2.24, 2.45) is 0 Å². The van der Waals surface area contributed by atoms with Gasteiger partial charge in [-0.2, -0.15) is 0 Å². The lowest BCUT2D eigenvalue weighted by Crippen LogP contribution is -2.21. The van der Waals surface area contributed by atoms with E-state index in [1.54, 1.807) is 12.1 Å². The van der Waals surface area contributed by atoms with E-state index in [1.807, 2.05) is 25.2 Å². The third-order valence-electron chi connectivity index (χ3n) is 4.10. The average molecular weight is 283 g/mol. The minimum absolute atomic E-state index is 0.275. The number of ether oxygens (including phenoxy) is 1. The Kier molecular flexibility index (Phi) is 4.11. The second-order valence-electron chi connectivity index (χ2n) is 5.55. The highest BCUT2D eigenvalue weighted by atomic mass is 16.5. The van der Waals surface area contributed by atoms with Crippen LogP contribution in [-0.4, -0.2) is 12.2 Å². The SMILES string of the molecule is CNC1CCCc2ccc(OCc3cccc(O)c3)cc21. The Balaban J connectivity index is 1.74. The van der Waals surface area contributed by atoms with E-state index in [0.717, 1.165) is 17.7 Å². The first-order valence-corrected chi connectivity index (χ1v) is 7.47. The number of phenols is 1. The highest BCUT2D eigenvalue weighted by molar-refractivity contribution is 5.39. The van der Waals surface area contributed by atoms with Crippen molar-refractivity contribution in [1.82, 2.24) is 5.32 Å². The number of rotatable bonds is 4. The molecule has 3 heteroatoms. The number of hydrogen-bond donors (Lipinski definition) is 2. The Morgan fingerprint density at radius 3 is 2.95 bits per heavy atom. The maximum atomic E-state index is 9.47. The second kappa shape index (κ2) is 6.19. The smallest absolute Gasteiger partial charge is 0.120 e. The van der Waals surface area contributed by atoms with Crippen molar-refractivity contribution < 1.29 is 9.84 Å². The quantitative estimate of drug-likeness (QED) is 0.901. The molecule has 21 heavy (non-hydrogen) atoms. The molecular weight excluding hydrogens is 262 g/mol. The van der Waals surface area contributed by atoms with Crippen LogP contribution < -0.4 is 10.1 Å². The number of hydrogen-bond acceptors (Lipinski definition) is 3. The summed E-state index contributed by atoms with van der Waals surface area (Å²) in [4.78, 5) is 0. The summed E-state index contributed by atoms with van der Waals surface area (Å²) in [5.41, 5.74) is 3.75. The number of nitrogens with one attached hydrogen (secondary N) is 1. The molecule has 3 nitrogen and oxygen atoms in total. The molecule has 2 aromatic carbocycles. The molecule has 1 aliphatic rings. The van der Waals surface area contributed by atoms with Crippen molar-refractivity contribution in [3.63, 3.8) is 0 Å². The monoisotopic (exact) mass is 283 g/mol. The summed E-state index contributed by atoms with van der Waals surface area (Å²) in [7, 11) is 2.01. The molecule has 1 aliphatic carbocycles. The maximum Gasteiger partial charge on any atom is 0.120 e. The lowest BCUT2D eigenvalue weighted by molar-refractivity contribution is 0.304. The summed E-state index contributed by atoms with van der Waals surface area (Å²) in [6.45, 7) is 0.470. The molecular formula is C18H21NO2. The minimum Gasteiger partial charge on any atom is -0.508 e. The van der Waals surface area contributed by atoms with Gasteiger partial charge in [-0.1, -0.05) is 18.2 Å².